The van der Waals surface area contributed by atoms with Gasteiger partial charge in [-0.25, -0.2) is 18.9 Å². The van der Waals surface area contributed by atoms with Crippen molar-refractivity contribution in [3.63, 3.8) is 0 Å². The second-order valence-corrected chi connectivity index (χ2v) is 10.5. The highest BCUT2D eigenvalue weighted by atomic mass is 32.1. The number of ether oxygens (including phenoxy) is 1. The highest BCUT2D eigenvalue weighted by Crippen LogP contribution is 2.50. The molecule has 6 N–H and O–H groups in total. The summed E-state index contributed by atoms with van der Waals surface area (Å²) in [5.74, 6) is -1.11. The van der Waals surface area contributed by atoms with Gasteiger partial charge in [-0.05, 0) is 24.4 Å². The maximum Gasteiger partial charge on any atom is 0.459 e. The lowest BCUT2D eigenvalue weighted by molar-refractivity contribution is -0.138. The maximum atomic E-state index is 15.4. The van der Waals surface area contributed by atoms with E-state index in [0.717, 1.165) is 11.3 Å². The third-order valence-electron chi connectivity index (χ3n) is 5.45. The lowest BCUT2D eigenvalue weighted by atomic mass is 10.0. The van der Waals surface area contributed by atoms with Crippen LogP contribution in [0.1, 0.15) is 18.6 Å². The van der Waals surface area contributed by atoms with Crippen molar-refractivity contribution in [1.82, 2.24) is 20.0 Å². The minimum atomic E-state index is -4.48. The van der Waals surface area contributed by atoms with Crippen molar-refractivity contribution in [2.24, 2.45) is 5.11 Å². The molecule has 1 fully saturated rings. The summed E-state index contributed by atoms with van der Waals surface area (Å²) >= 11 is 1.14. The van der Waals surface area contributed by atoms with E-state index >= 15 is 4.39 Å². The first kappa shape index (κ1) is 26.7. The van der Waals surface area contributed by atoms with Crippen molar-refractivity contribution in [2.75, 3.05) is 12.3 Å². The number of hydrogen-bond acceptors (Lipinski definition) is 12. The van der Waals surface area contributed by atoms with Crippen LogP contribution in [0.2, 0.25) is 0 Å². The zero-order chi connectivity index (χ0) is 26.8. The van der Waals surface area contributed by atoms with Gasteiger partial charge < -0.3 is 25.2 Å². The van der Waals surface area contributed by atoms with Gasteiger partial charge in [0.05, 0.1) is 10.2 Å². The number of halogens is 1. The van der Waals surface area contributed by atoms with Crippen molar-refractivity contribution in [3.8, 4) is 5.75 Å². The first-order valence-electron chi connectivity index (χ1n) is 10.6. The zero-order valence-electron chi connectivity index (χ0n) is 19.1. The van der Waals surface area contributed by atoms with Crippen LogP contribution >= 0.6 is 19.1 Å². The molecule has 17 heteroatoms. The molecule has 1 aromatic carbocycles. The molecule has 2 aromatic heterocycles. The fraction of sp³-hybridized carbons (Fsp3) is 0.350. The summed E-state index contributed by atoms with van der Waals surface area (Å²) in [6.07, 6.45) is -4.36. The fourth-order valence-corrected chi connectivity index (χ4v) is 6.05. The largest absolute Gasteiger partial charge is 0.480 e. The Kier molecular flexibility index (Phi) is 7.62. The molecule has 2 unspecified atom stereocenters. The van der Waals surface area contributed by atoms with Gasteiger partial charge in [0.1, 0.15) is 48.3 Å². The fourth-order valence-electron chi connectivity index (χ4n) is 3.59. The van der Waals surface area contributed by atoms with Gasteiger partial charge in [0.15, 0.2) is 11.3 Å². The number of carboxylic acids is 1. The van der Waals surface area contributed by atoms with Crippen LogP contribution in [0.4, 0.5) is 10.2 Å². The molecule has 37 heavy (non-hydrogen) atoms. The van der Waals surface area contributed by atoms with Gasteiger partial charge in [-0.1, -0.05) is 18.2 Å². The number of nitrogens with one attached hydrogen (secondary N) is 2. The van der Waals surface area contributed by atoms with Crippen molar-refractivity contribution >= 4 is 41.1 Å². The smallest absolute Gasteiger partial charge is 0.459 e. The second-order valence-electron chi connectivity index (χ2n) is 7.96. The molecule has 3 heterocycles. The number of rotatable bonds is 10. The number of nitrogens with two attached hydrogens (primary N) is 1. The minimum Gasteiger partial charge on any atom is -0.480 e. The number of carboxylic acid groups (broad SMARTS) is 1. The molecule has 1 aliphatic rings. The van der Waals surface area contributed by atoms with Gasteiger partial charge in [-0.15, -0.1) is 11.3 Å². The number of hydrogen-bond donors (Lipinski definition) is 5. The van der Waals surface area contributed by atoms with Crippen LogP contribution in [0.25, 0.3) is 10.2 Å². The predicted octanol–water partition coefficient (Wildman–Crippen LogP) is 2.56. The van der Waals surface area contributed by atoms with Gasteiger partial charge in [0, 0.05) is 5.56 Å². The summed E-state index contributed by atoms with van der Waals surface area (Å²) in [5.41, 5.74) is 11.3. The second kappa shape index (κ2) is 10.6. The first-order valence-corrected chi connectivity index (χ1v) is 13.1. The molecular weight excluding hydrogens is 532 g/mol. The summed E-state index contributed by atoms with van der Waals surface area (Å²) in [5, 5.41) is 27.4. The van der Waals surface area contributed by atoms with Crippen molar-refractivity contribution < 1.29 is 37.7 Å². The van der Waals surface area contributed by atoms with Crippen molar-refractivity contribution in [1.29, 1.82) is 5.53 Å². The summed E-state index contributed by atoms with van der Waals surface area (Å²) in [6.45, 7) is 0.284. The monoisotopic (exact) mass is 554 g/mol. The molecule has 0 spiro atoms. The molecule has 14 nitrogen and oxygen atoms in total. The van der Waals surface area contributed by atoms with Gasteiger partial charge in [0.25, 0.3) is 5.72 Å². The third-order valence-corrected chi connectivity index (χ3v) is 8.08. The summed E-state index contributed by atoms with van der Waals surface area (Å²) in [4.78, 5) is 22.3. The number of alkyl halides is 1. The van der Waals surface area contributed by atoms with Crippen LogP contribution in [-0.2, 0) is 18.6 Å². The molecule has 1 saturated heterocycles. The molecule has 0 saturated carbocycles. The molecule has 196 valence electrons. The number of fused-ring (bicyclic) bond motifs is 1. The van der Waals surface area contributed by atoms with Crippen molar-refractivity contribution in [3.05, 3.63) is 47.6 Å². The van der Waals surface area contributed by atoms with E-state index in [4.69, 9.17) is 25.0 Å². The molecule has 3 aromatic rings. The van der Waals surface area contributed by atoms with E-state index in [1.54, 1.807) is 18.2 Å². The Hall–Kier alpha value is -3.36. The van der Waals surface area contributed by atoms with Crippen LogP contribution in [0, 0.1) is 5.53 Å². The number of benzene rings is 1. The van der Waals surface area contributed by atoms with Crippen LogP contribution in [0.3, 0.4) is 0 Å². The predicted molar refractivity (Wildman–Crippen MR) is 127 cm³/mol. The van der Waals surface area contributed by atoms with E-state index < -0.39 is 50.5 Å². The van der Waals surface area contributed by atoms with Gasteiger partial charge >= 0.3 is 13.7 Å². The number of thiophene rings is 1. The first-order chi connectivity index (χ1) is 17.6. The number of aliphatic hydroxyl groups is 1. The average Bonchev–Trinajstić information content (AvgIpc) is 3.40. The van der Waals surface area contributed by atoms with Crippen LogP contribution < -0.4 is 20.3 Å². The summed E-state index contributed by atoms with van der Waals surface area (Å²) in [7, 11) is -4.48. The zero-order valence-corrected chi connectivity index (χ0v) is 20.8. The Labute approximate surface area is 212 Å². The Balaban J connectivity index is 1.64. The Morgan fingerprint density at radius 2 is 2.19 bits per heavy atom. The SMILES string of the molecule is CC(NP(=O)(OC[C@@]1(N=[N+]=N)O[C@@H](c2csc3c(N)ncnc23)[C@H](F)[C@@H]1O)Oc1ccccc1)C(=O)O. The highest BCUT2D eigenvalue weighted by Gasteiger charge is 2.61. The normalized spacial score (nSPS) is 25.8. The highest BCUT2D eigenvalue weighted by molar-refractivity contribution is 7.52. The van der Waals surface area contributed by atoms with Crippen LogP contribution in [-0.4, -0.2) is 56.8 Å². The van der Waals surface area contributed by atoms with E-state index in [-0.39, 0.29) is 17.1 Å². The molecule has 0 aliphatic carbocycles. The lowest BCUT2D eigenvalue weighted by Gasteiger charge is -2.26. The van der Waals surface area contributed by atoms with E-state index in [1.807, 2.05) is 0 Å². The van der Waals surface area contributed by atoms with Crippen LogP contribution in [0.5, 0.6) is 5.75 Å². The van der Waals surface area contributed by atoms with Gasteiger partial charge in [-0.2, -0.15) is 5.09 Å². The number of nitrogens with zero attached hydrogens (tertiary/aromatic N) is 4. The molecule has 4 rings (SSSR count). The van der Waals surface area contributed by atoms with Crippen LogP contribution in [0.15, 0.2) is 47.2 Å². The number of aromatic nitrogens is 2. The molecule has 1 aliphatic heterocycles. The lowest BCUT2D eigenvalue weighted by Crippen LogP contribution is -2.45. The Bertz CT molecular complexity index is 1390. The maximum absolute atomic E-state index is 15.4. The van der Waals surface area contributed by atoms with E-state index in [0.29, 0.717) is 10.2 Å². The topological polar surface area (TPSA) is 216 Å². The van der Waals surface area contributed by atoms with Gasteiger partial charge in [0.2, 0.25) is 4.91 Å². The number of aliphatic carboxylic acids is 1. The number of carbonyl (C=O) groups is 1. The number of para-hydroxylation sites is 1. The average molecular weight is 554 g/mol. The van der Waals surface area contributed by atoms with E-state index in [9.17, 15) is 19.6 Å². The molecule has 0 amide bonds. The minimum absolute atomic E-state index is 0.0724. The van der Waals surface area contributed by atoms with E-state index in [2.05, 4.69) is 25.1 Å². The number of aliphatic hydroxyl groups excluding tert-OH is 1. The Morgan fingerprint density at radius 1 is 1.46 bits per heavy atom. The molecular formula is C20H22FN7O7PS+. The molecule has 0 bridgehead atoms. The number of anilines is 1. The summed E-state index contributed by atoms with van der Waals surface area (Å²) in [6, 6.07) is 6.35. The standard InChI is InChI=1S/C20H21FN7O7PS/c1-10(19(30)31)26-36(32,35-11-5-3-2-4-6-11)33-8-20(27-28-23)17(29)13(21)15(34-20)12-7-37-16-14(12)24-9-25-18(16)22/h2-7,9-10,13,15,17,23,29H,8H2,1H3,(H3-,22,24,25,26,30,31,32)/p+1/t10?,13-,15-,17-,20+,36?/m0/s1. The quantitative estimate of drug-likeness (QED) is 0.139. The third kappa shape index (κ3) is 5.36. The molecule has 6 atom stereocenters. The van der Waals surface area contributed by atoms with Gasteiger partial charge in [-0.3, -0.25) is 9.32 Å². The molecule has 0 radical (unpaired) electrons. The summed E-state index contributed by atoms with van der Waals surface area (Å²) < 4.78 is 46.0. The Morgan fingerprint density at radius 3 is 2.86 bits per heavy atom. The van der Waals surface area contributed by atoms with E-state index in [1.165, 1.54) is 30.8 Å². The number of nitrogen functional groups attached to an aromatic ring is 1. The van der Waals surface area contributed by atoms with Crippen molar-refractivity contribution in [2.45, 2.75) is 37.1 Å².